The highest BCUT2D eigenvalue weighted by molar-refractivity contribution is 8.43. The van der Waals surface area contributed by atoms with Crippen LogP contribution in [0.4, 0.5) is 0 Å². The van der Waals surface area contributed by atoms with Gasteiger partial charge in [0, 0.05) is 11.3 Å². The van der Waals surface area contributed by atoms with E-state index in [0.29, 0.717) is 0 Å². The van der Waals surface area contributed by atoms with Gasteiger partial charge in [0.1, 0.15) is 15.9 Å². The van der Waals surface area contributed by atoms with Crippen LogP contribution in [0.15, 0.2) is 34.7 Å². The molecule has 1 aromatic carbocycles. The van der Waals surface area contributed by atoms with Gasteiger partial charge in [-0.3, -0.25) is 4.99 Å². The molecule has 1 saturated heterocycles. The van der Waals surface area contributed by atoms with Crippen LogP contribution in [0.5, 0.6) is 11.5 Å². The molecule has 0 spiro atoms. The molecule has 1 fully saturated rings. The SMILES string of the molecule is C=C1CSC(=NC(C)c2cc(OC)ccc2OC)S1. The predicted molar refractivity (Wildman–Crippen MR) is 84.6 cm³/mol. The van der Waals surface area contributed by atoms with E-state index in [-0.39, 0.29) is 6.04 Å². The molecule has 0 saturated carbocycles. The molecule has 1 unspecified atom stereocenters. The van der Waals surface area contributed by atoms with Crippen LogP contribution in [-0.4, -0.2) is 24.3 Å². The van der Waals surface area contributed by atoms with Crippen molar-refractivity contribution in [3.63, 3.8) is 0 Å². The quantitative estimate of drug-likeness (QED) is 0.836. The predicted octanol–water partition coefficient (Wildman–Crippen LogP) is 4.11. The zero-order valence-corrected chi connectivity index (χ0v) is 12.9. The maximum absolute atomic E-state index is 5.40. The van der Waals surface area contributed by atoms with Gasteiger partial charge in [0.05, 0.1) is 20.3 Å². The van der Waals surface area contributed by atoms with E-state index in [9.17, 15) is 0 Å². The molecule has 0 bridgehead atoms. The van der Waals surface area contributed by atoms with E-state index < -0.39 is 0 Å². The van der Waals surface area contributed by atoms with Crippen molar-refractivity contribution in [2.24, 2.45) is 4.99 Å². The smallest absolute Gasteiger partial charge is 0.130 e. The largest absolute Gasteiger partial charge is 0.497 e. The molecule has 1 aromatic rings. The second kappa shape index (κ2) is 6.39. The molecule has 1 heterocycles. The second-order valence-electron chi connectivity index (χ2n) is 4.11. The van der Waals surface area contributed by atoms with E-state index in [4.69, 9.17) is 14.5 Å². The molecule has 0 aromatic heterocycles. The first kappa shape index (κ1) is 14.3. The van der Waals surface area contributed by atoms with Gasteiger partial charge in [0.25, 0.3) is 0 Å². The third-order valence-corrected chi connectivity index (χ3v) is 5.12. The monoisotopic (exact) mass is 295 g/mol. The number of methoxy groups -OCH3 is 2. The van der Waals surface area contributed by atoms with Crippen LogP contribution in [-0.2, 0) is 0 Å². The van der Waals surface area contributed by atoms with E-state index in [0.717, 1.165) is 32.1 Å². The molecule has 3 nitrogen and oxygen atoms in total. The molecule has 0 aliphatic carbocycles. The normalized spacial score (nSPS) is 18.7. The second-order valence-corrected chi connectivity index (χ2v) is 6.50. The summed E-state index contributed by atoms with van der Waals surface area (Å²) in [6.45, 7) is 6.02. The van der Waals surface area contributed by atoms with Crippen LogP contribution >= 0.6 is 23.5 Å². The number of hydrogen-bond acceptors (Lipinski definition) is 5. The van der Waals surface area contributed by atoms with Crippen LogP contribution in [0, 0.1) is 0 Å². The molecule has 1 aliphatic rings. The lowest BCUT2D eigenvalue weighted by Crippen LogP contribution is -1.98. The minimum absolute atomic E-state index is 0.0333. The molecule has 0 N–H and O–H groups in total. The summed E-state index contributed by atoms with van der Waals surface area (Å²) in [6, 6.07) is 5.82. The van der Waals surface area contributed by atoms with E-state index in [2.05, 4.69) is 13.5 Å². The Kier molecular flexibility index (Phi) is 4.82. The number of ether oxygens (including phenoxy) is 2. The molecule has 1 atom stereocenters. The molecule has 102 valence electrons. The summed E-state index contributed by atoms with van der Waals surface area (Å²) in [5.41, 5.74) is 1.04. The van der Waals surface area contributed by atoms with Crippen LogP contribution in [0.3, 0.4) is 0 Å². The first-order valence-electron chi connectivity index (χ1n) is 5.92. The third-order valence-electron chi connectivity index (χ3n) is 2.77. The summed E-state index contributed by atoms with van der Waals surface area (Å²) in [4.78, 5) is 5.89. The molecule has 1 aliphatic heterocycles. The Balaban J connectivity index is 2.26. The van der Waals surface area contributed by atoms with E-state index in [1.54, 1.807) is 37.7 Å². The van der Waals surface area contributed by atoms with E-state index >= 15 is 0 Å². The van der Waals surface area contributed by atoms with Gasteiger partial charge < -0.3 is 9.47 Å². The van der Waals surface area contributed by atoms with Gasteiger partial charge in [-0.15, -0.1) is 0 Å². The van der Waals surface area contributed by atoms with Gasteiger partial charge in [-0.1, -0.05) is 30.1 Å². The minimum atomic E-state index is 0.0333. The molecule has 0 amide bonds. The molecule has 2 rings (SSSR count). The van der Waals surface area contributed by atoms with Gasteiger partial charge in [-0.05, 0) is 30.0 Å². The summed E-state index contributed by atoms with van der Waals surface area (Å²) in [5, 5.41) is 0. The van der Waals surface area contributed by atoms with Crippen LogP contribution < -0.4 is 9.47 Å². The third kappa shape index (κ3) is 3.48. The Labute approximate surface area is 122 Å². The fraction of sp³-hybridized carbons (Fsp3) is 0.357. The van der Waals surface area contributed by atoms with Gasteiger partial charge >= 0.3 is 0 Å². The van der Waals surface area contributed by atoms with Crippen molar-refractivity contribution in [2.45, 2.75) is 13.0 Å². The highest BCUT2D eigenvalue weighted by atomic mass is 32.2. The topological polar surface area (TPSA) is 30.8 Å². The van der Waals surface area contributed by atoms with Crippen molar-refractivity contribution in [3.05, 3.63) is 35.2 Å². The minimum Gasteiger partial charge on any atom is -0.497 e. The fourth-order valence-electron chi connectivity index (χ4n) is 1.78. The summed E-state index contributed by atoms with van der Waals surface area (Å²) >= 11 is 3.40. The number of rotatable bonds is 4. The average Bonchev–Trinajstić information content (AvgIpc) is 2.83. The van der Waals surface area contributed by atoms with Crippen molar-refractivity contribution in [1.82, 2.24) is 0 Å². The lowest BCUT2D eigenvalue weighted by Gasteiger charge is -2.14. The summed E-state index contributed by atoms with van der Waals surface area (Å²) in [7, 11) is 3.33. The number of aliphatic imine (C=N–C) groups is 1. The number of nitrogens with zero attached hydrogens (tertiary/aromatic N) is 1. The zero-order chi connectivity index (χ0) is 13.8. The number of hydrogen-bond donors (Lipinski definition) is 0. The molecular weight excluding hydrogens is 278 g/mol. The molecule has 0 radical (unpaired) electrons. The Morgan fingerprint density at radius 3 is 2.68 bits per heavy atom. The molecule has 19 heavy (non-hydrogen) atoms. The molecule has 5 heteroatoms. The number of thioether (sulfide) groups is 2. The highest BCUT2D eigenvalue weighted by Gasteiger charge is 2.17. The first-order valence-corrected chi connectivity index (χ1v) is 7.72. The maximum atomic E-state index is 5.40. The van der Waals surface area contributed by atoms with Crippen molar-refractivity contribution < 1.29 is 9.47 Å². The maximum Gasteiger partial charge on any atom is 0.130 e. The van der Waals surface area contributed by atoms with Crippen molar-refractivity contribution in [2.75, 3.05) is 20.0 Å². The zero-order valence-electron chi connectivity index (χ0n) is 11.3. The van der Waals surface area contributed by atoms with Gasteiger partial charge in [0.2, 0.25) is 0 Å². The Morgan fingerprint density at radius 1 is 1.32 bits per heavy atom. The van der Waals surface area contributed by atoms with E-state index in [1.165, 1.54) is 0 Å². The van der Waals surface area contributed by atoms with Gasteiger partial charge in [0.15, 0.2) is 0 Å². The lowest BCUT2D eigenvalue weighted by atomic mass is 10.1. The lowest BCUT2D eigenvalue weighted by molar-refractivity contribution is 0.396. The standard InChI is InChI=1S/C14H17NO2S2/c1-9-8-18-14(19-9)15-10(2)12-7-11(16-3)5-6-13(12)17-4/h5-7,10H,1,8H2,2-4H3. The van der Waals surface area contributed by atoms with Gasteiger partial charge in [-0.25, -0.2) is 0 Å². The summed E-state index contributed by atoms with van der Waals surface area (Å²) < 4.78 is 11.7. The first-order chi connectivity index (χ1) is 9.13. The fourth-order valence-corrected chi connectivity index (χ4v) is 3.94. The van der Waals surface area contributed by atoms with Crippen LogP contribution in [0.1, 0.15) is 18.5 Å². The highest BCUT2D eigenvalue weighted by Crippen LogP contribution is 2.38. The van der Waals surface area contributed by atoms with Crippen LogP contribution in [0.25, 0.3) is 0 Å². The van der Waals surface area contributed by atoms with Gasteiger partial charge in [-0.2, -0.15) is 0 Å². The Hall–Kier alpha value is -1.07. The summed E-state index contributed by atoms with van der Waals surface area (Å²) in [6.07, 6.45) is 0. The summed E-state index contributed by atoms with van der Waals surface area (Å²) in [5.74, 6) is 2.61. The van der Waals surface area contributed by atoms with Crippen molar-refractivity contribution in [1.29, 1.82) is 0 Å². The van der Waals surface area contributed by atoms with E-state index in [1.807, 2.05) is 18.2 Å². The van der Waals surface area contributed by atoms with Crippen molar-refractivity contribution >= 4 is 27.9 Å². The van der Waals surface area contributed by atoms with Crippen molar-refractivity contribution in [3.8, 4) is 11.5 Å². The average molecular weight is 295 g/mol. The molecular formula is C14H17NO2S2. The Bertz CT molecular complexity index is 514. The van der Waals surface area contributed by atoms with Crippen LogP contribution in [0.2, 0.25) is 0 Å². The Morgan fingerprint density at radius 2 is 2.11 bits per heavy atom. The number of benzene rings is 1.